The molecule has 1 fully saturated rings. The fourth-order valence-electron chi connectivity index (χ4n) is 2.75. The summed E-state index contributed by atoms with van der Waals surface area (Å²) in [4.78, 5) is 14.1. The number of aromatic nitrogens is 1. The molecule has 1 aromatic rings. The van der Waals surface area contributed by atoms with Crippen LogP contribution in [0.1, 0.15) is 29.8 Å². The van der Waals surface area contributed by atoms with Crippen LogP contribution in [0.4, 0.5) is 8.78 Å². The Morgan fingerprint density at radius 3 is 3.00 bits per heavy atom. The van der Waals surface area contributed by atoms with Crippen LogP contribution in [0, 0.1) is 5.92 Å². The molecule has 112 valence electrons. The zero-order chi connectivity index (χ0) is 14.5. The second kappa shape index (κ2) is 6.83. The number of alkyl halides is 2. The molecule has 1 N–H and O–H groups in total. The summed E-state index contributed by atoms with van der Waals surface area (Å²) >= 11 is 0. The summed E-state index contributed by atoms with van der Waals surface area (Å²) in [5.74, 6) is 0.106. The summed E-state index contributed by atoms with van der Waals surface area (Å²) in [6, 6.07) is 3.20. The van der Waals surface area contributed by atoms with Crippen LogP contribution < -0.4 is 0 Å². The van der Waals surface area contributed by atoms with Crippen molar-refractivity contribution in [2.45, 2.75) is 32.2 Å². The second-order valence-electron chi connectivity index (χ2n) is 5.21. The number of aliphatic hydroxyl groups excluding tert-OH is 1. The van der Waals surface area contributed by atoms with Crippen LogP contribution in [0.25, 0.3) is 0 Å². The molecule has 2 rings (SSSR count). The molecule has 0 aromatic carbocycles. The molecule has 0 saturated carbocycles. The molecular weight excluding hydrogens is 266 g/mol. The first-order chi connectivity index (χ1) is 9.61. The van der Waals surface area contributed by atoms with E-state index in [9.17, 15) is 13.6 Å². The number of piperidine rings is 1. The van der Waals surface area contributed by atoms with Gasteiger partial charge in [-0.15, -0.1) is 0 Å². The third-order valence-electron chi connectivity index (χ3n) is 3.73. The lowest BCUT2D eigenvalue weighted by molar-refractivity contribution is 0.0634. The summed E-state index contributed by atoms with van der Waals surface area (Å²) in [7, 11) is 0. The molecular formula is C14H20F2N2O2. The molecule has 0 spiro atoms. The highest BCUT2D eigenvalue weighted by Gasteiger charge is 2.26. The van der Waals surface area contributed by atoms with Gasteiger partial charge in [0.1, 0.15) is 5.69 Å². The predicted octanol–water partition coefficient (Wildman–Crippen LogP) is 1.99. The average Bonchev–Trinajstić information content (AvgIpc) is 2.86. The fourth-order valence-corrected chi connectivity index (χ4v) is 2.75. The zero-order valence-corrected chi connectivity index (χ0v) is 11.3. The third kappa shape index (κ3) is 3.56. The molecule has 0 bridgehead atoms. The molecule has 1 atom stereocenters. The molecule has 1 amide bonds. The van der Waals surface area contributed by atoms with Crippen LogP contribution >= 0.6 is 0 Å². The standard InChI is InChI=1S/C14H20F2N2O2/c15-13(16)10-17-6-2-4-12(17)14(20)18-7-1-3-11(9-18)5-8-19/h2,4,6,11,13,19H,1,3,5,7-10H2. The molecule has 1 unspecified atom stereocenters. The van der Waals surface area contributed by atoms with Gasteiger partial charge >= 0.3 is 0 Å². The number of halogens is 2. The van der Waals surface area contributed by atoms with Crippen molar-refractivity contribution in [1.29, 1.82) is 0 Å². The van der Waals surface area contributed by atoms with E-state index in [0.29, 0.717) is 31.1 Å². The van der Waals surface area contributed by atoms with Gasteiger partial charge in [-0.3, -0.25) is 4.79 Å². The number of hydrogen-bond acceptors (Lipinski definition) is 2. The molecule has 1 aromatic heterocycles. The molecule has 20 heavy (non-hydrogen) atoms. The van der Waals surface area contributed by atoms with E-state index in [1.807, 2.05) is 0 Å². The largest absolute Gasteiger partial charge is 0.396 e. The van der Waals surface area contributed by atoms with E-state index in [1.54, 1.807) is 17.0 Å². The van der Waals surface area contributed by atoms with Crippen LogP contribution in [0.2, 0.25) is 0 Å². The Labute approximate surface area is 117 Å². The normalized spacial score (nSPS) is 19.6. The molecule has 2 heterocycles. The number of amides is 1. The van der Waals surface area contributed by atoms with Gasteiger partial charge in [-0.25, -0.2) is 8.78 Å². The quantitative estimate of drug-likeness (QED) is 0.899. The highest BCUT2D eigenvalue weighted by atomic mass is 19.3. The Hall–Kier alpha value is -1.43. The highest BCUT2D eigenvalue weighted by Crippen LogP contribution is 2.21. The Kier molecular flexibility index (Phi) is 5.11. The lowest BCUT2D eigenvalue weighted by Crippen LogP contribution is -2.41. The smallest absolute Gasteiger partial charge is 0.270 e. The fraction of sp³-hybridized carbons (Fsp3) is 0.643. The maximum absolute atomic E-state index is 12.5. The maximum Gasteiger partial charge on any atom is 0.270 e. The van der Waals surface area contributed by atoms with Gasteiger partial charge in [0.25, 0.3) is 12.3 Å². The lowest BCUT2D eigenvalue weighted by atomic mass is 9.95. The van der Waals surface area contributed by atoms with Gasteiger partial charge in [0.15, 0.2) is 0 Å². The van der Waals surface area contributed by atoms with E-state index < -0.39 is 13.0 Å². The van der Waals surface area contributed by atoms with Crippen LogP contribution in [-0.2, 0) is 6.54 Å². The molecule has 4 nitrogen and oxygen atoms in total. The van der Waals surface area contributed by atoms with Gasteiger partial charge in [-0.1, -0.05) is 0 Å². The molecule has 1 saturated heterocycles. The average molecular weight is 286 g/mol. The van der Waals surface area contributed by atoms with Crippen molar-refractivity contribution >= 4 is 5.91 Å². The lowest BCUT2D eigenvalue weighted by Gasteiger charge is -2.32. The highest BCUT2D eigenvalue weighted by molar-refractivity contribution is 5.92. The van der Waals surface area contributed by atoms with Crippen LogP contribution in [0.15, 0.2) is 18.3 Å². The van der Waals surface area contributed by atoms with E-state index in [0.717, 1.165) is 12.8 Å². The Morgan fingerprint density at radius 1 is 1.50 bits per heavy atom. The first kappa shape index (κ1) is 15.0. The zero-order valence-electron chi connectivity index (χ0n) is 11.3. The Balaban J connectivity index is 2.05. The Morgan fingerprint density at radius 2 is 2.30 bits per heavy atom. The van der Waals surface area contributed by atoms with Crippen molar-refractivity contribution in [1.82, 2.24) is 9.47 Å². The van der Waals surface area contributed by atoms with Gasteiger partial charge in [-0.2, -0.15) is 0 Å². The number of carbonyl (C=O) groups is 1. The SMILES string of the molecule is O=C(c1cccn1CC(F)F)N1CCCC(CCO)C1. The Bertz CT molecular complexity index is 446. The number of aliphatic hydroxyl groups is 1. The molecule has 6 heteroatoms. The second-order valence-corrected chi connectivity index (χ2v) is 5.21. The van der Waals surface area contributed by atoms with Crippen molar-refractivity contribution < 1.29 is 18.7 Å². The van der Waals surface area contributed by atoms with Crippen molar-refractivity contribution in [2.24, 2.45) is 5.92 Å². The van der Waals surface area contributed by atoms with E-state index >= 15 is 0 Å². The number of carbonyl (C=O) groups excluding carboxylic acids is 1. The molecule has 0 aliphatic carbocycles. The minimum absolute atomic E-state index is 0.120. The summed E-state index contributed by atoms with van der Waals surface area (Å²) in [5.41, 5.74) is 0.315. The first-order valence-electron chi connectivity index (χ1n) is 6.95. The van der Waals surface area contributed by atoms with Crippen LogP contribution in [-0.4, -0.2) is 46.6 Å². The van der Waals surface area contributed by atoms with E-state index in [4.69, 9.17) is 5.11 Å². The minimum Gasteiger partial charge on any atom is -0.396 e. The van der Waals surface area contributed by atoms with Crippen molar-refractivity contribution in [2.75, 3.05) is 19.7 Å². The number of hydrogen-bond donors (Lipinski definition) is 1. The van der Waals surface area contributed by atoms with Crippen molar-refractivity contribution in [3.63, 3.8) is 0 Å². The van der Waals surface area contributed by atoms with Crippen LogP contribution in [0.5, 0.6) is 0 Å². The number of likely N-dealkylation sites (tertiary alicyclic amines) is 1. The van der Waals surface area contributed by atoms with Crippen molar-refractivity contribution in [3.8, 4) is 0 Å². The van der Waals surface area contributed by atoms with Crippen LogP contribution in [0.3, 0.4) is 0 Å². The van der Waals surface area contributed by atoms with Gasteiger partial charge < -0.3 is 14.6 Å². The summed E-state index contributed by atoms with van der Waals surface area (Å²) in [6.07, 6.45) is 1.61. The number of nitrogens with zero attached hydrogens (tertiary/aromatic N) is 2. The van der Waals surface area contributed by atoms with E-state index in [2.05, 4.69) is 0 Å². The first-order valence-corrected chi connectivity index (χ1v) is 6.95. The maximum atomic E-state index is 12.5. The van der Waals surface area contributed by atoms with Gasteiger partial charge in [-0.05, 0) is 37.3 Å². The molecule has 1 aliphatic rings. The summed E-state index contributed by atoms with van der Waals surface area (Å²) in [5, 5.41) is 8.98. The molecule has 0 radical (unpaired) electrons. The third-order valence-corrected chi connectivity index (χ3v) is 3.73. The predicted molar refractivity (Wildman–Crippen MR) is 70.8 cm³/mol. The van der Waals surface area contributed by atoms with Gasteiger partial charge in [0.2, 0.25) is 0 Å². The molecule has 1 aliphatic heterocycles. The topological polar surface area (TPSA) is 45.5 Å². The van der Waals surface area contributed by atoms with Gasteiger partial charge in [0.05, 0.1) is 6.54 Å². The number of rotatable bonds is 5. The summed E-state index contributed by atoms with van der Waals surface area (Å²) < 4.78 is 26.3. The monoisotopic (exact) mass is 286 g/mol. The van der Waals surface area contributed by atoms with Gasteiger partial charge in [0, 0.05) is 25.9 Å². The van der Waals surface area contributed by atoms with E-state index in [1.165, 1.54) is 10.8 Å². The van der Waals surface area contributed by atoms with Crippen molar-refractivity contribution in [3.05, 3.63) is 24.0 Å². The summed E-state index contributed by atoms with van der Waals surface area (Å²) in [6.45, 7) is 0.913. The van der Waals surface area contributed by atoms with E-state index in [-0.39, 0.29) is 12.5 Å². The minimum atomic E-state index is -2.47.